The fourth-order valence-corrected chi connectivity index (χ4v) is 5.36. The van der Waals surface area contributed by atoms with Gasteiger partial charge in [0.2, 0.25) is 0 Å². The van der Waals surface area contributed by atoms with Gasteiger partial charge in [-0.3, -0.25) is 4.31 Å². The summed E-state index contributed by atoms with van der Waals surface area (Å²) in [6, 6.07) is 22.8. The van der Waals surface area contributed by atoms with E-state index in [9.17, 15) is 13.5 Å². The molecule has 1 aliphatic heterocycles. The molecular formula is C22H21NO3S. The Kier molecular flexibility index (Phi) is 4.50. The highest BCUT2D eigenvalue weighted by Gasteiger charge is 2.41. The summed E-state index contributed by atoms with van der Waals surface area (Å²) in [4.78, 5) is 0.220. The summed E-state index contributed by atoms with van der Waals surface area (Å²) in [7, 11) is -3.85. The van der Waals surface area contributed by atoms with Crippen molar-refractivity contribution in [3.05, 3.63) is 95.6 Å². The SMILES string of the molecule is Cc1ccc(S(=O)(=O)N2c3ccccc3C[C@@H](O)[C@H]2c2ccccc2)cc1. The molecule has 3 aromatic carbocycles. The summed E-state index contributed by atoms with van der Waals surface area (Å²) >= 11 is 0. The van der Waals surface area contributed by atoms with Crippen LogP contribution in [-0.4, -0.2) is 19.6 Å². The number of fused-ring (bicyclic) bond motifs is 1. The average Bonchev–Trinajstić information content (AvgIpc) is 2.68. The van der Waals surface area contributed by atoms with E-state index in [1.165, 1.54) is 4.31 Å². The molecule has 3 aromatic rings. The molecule has 4 rings (SSSR count). The quantitative estimate of drug-likeness (QED) is 0.752. The molecular weight excluding hydrogens is 358 g/mol. The lowest BCUT2D eigenvalue weighted by Crippen LogP contribution is -2.45. The lowest BCUT2D eigenvalue weighted by molar-refractivity contribution is 0.141. The Morgan fingerprint density at radius 2 is 1.52 bits per heavy atom. The molecule has 5 heteroatoms. The molecule has 0 saturated carbocycles. The van der Waals surface area contributed by atoms with Crippen LogP contribution < -0.4 is 4.31 Å². The largest absolute Gasteiger partial charge is 0.390 e. The summed E-state index contributed by atoms with van der Waals surface area (Å²) in [5, 5.41) is 10.9. The van der Waals surface area contributed by atoms with Gasteiger partial charge in [0.25, 0.3) is 10.0 Å². The first-order valence-electron chi connectivity index (χ1n) is 8.90. The molecule has 27 heavy (non-hydrogen) atoms. The van der Waals surface area contributed by atoms with Crippen LogP contribution in [0.5, 0.6) is 0 Å². The molecule has 4 nitrogen and oxygen atoms in total. The molecule has 0 saturated heterocycles. The maximum absolute atomic E-state index is 13.6. The number of rotatable bonds is 3. The van der Waals surface area contributed by atoms with Crippen LogP contribution in [0.4, 0.5) is 5.69 Å². The van der Waals surface area contributed by atoms with Crippen LogP contribution in [0, 0.1) is 6.92 Å². The zero-order valence-electron chi connectivity index (χ0n) is 15.0. The van der Waals surface area contributed by atoms with Crippen molar-refractivity contribution in [2.75, 3.05) is 4.31 Å². The molecule has 0 fully saturated rings. The summed E-state index contributed by atoms with van der Waals surface area (Å²) in [5.41, 5.74) is 3.22. The van der Waals surface area contributed by atoms with Crippen LogP contribution in [0.1, 0.15) is 22.7 Å². The number of sulfonamides is 1. The van der Waals surface area contributed by atoms with Crippen molar-refractivity contribution in [1.82, 2.24) is 0 Å². The molecule has 0 amide bonds. The van der Waals surface area contributed by atoms with Crippen LogP contribution in [0.25, 0.3) is 0 Å². The highest BCUT2D eigenvalue weighted by molar-refractivity contribution is 7.92. The topological polar surface area (TPSA) is 57.6 Å². The third-order valence-electron chi connectivity index (χ3n) is 4.99. The summed E-state index contributed by atoms with van der Waals surface area (Å²) in [5.74, 6) is 0. The molecule has 1 aliphatic rings. The zero-order valence-corrected chi connectivity index (χ0v) is 15.8. The van der Waals surface area contributed by atoms with Crippen LogP contribution >= 0.6 is 0 Å². The van der Waals surface area contributed by atoms with Gasteiger partial charge in [0.1, 0.15) is 0 Å². The van der Waals surface area contributed by atoms with Crippen LogP contribution in [-0.2, 0) is 16.4 Å². The maximum Gasteiger partial charge on any atom is 0.264 e. The molecule has 0 spiro atoms. The Morgan fingerprint density at radius 1 is 0.889 bits per heavy atom. The van der Waals surface area contributed by atoms with Gasteiger partial charge in [-0.25, -0.2) is 8.42 Å². The monoisotopic (exact) mass is 379 g/mol. The first-order chi connectivity index (χ1) is 13.0. The van der Waals surface area contributed by atoms with Gasteiger partial charge in [-0.05, 0) is 36.2 Å². The second-order valence-corrected chi connectivity index (χ2v) is 8.68. The van der Waals surface area contributed by atoms with Gasteiger partial charge >= 0.3 is 0 Å². The van der Waals surface area contributed by atoms with E-state index in [1.807, 2.05) is 61.5 Å². The van der Waals surface area contributed by atoms with Gasteiger partial charge in [-0.15, -0.1) is 0 Å². The highest BCUT2D eigenvalue weighted by Crippen LogP contribution is 2.42. The predicted octanol–water partition coefficient (Wildman–Crippen LogP) is 3.85. The first kappa shape index (κ1) is 17.8. The number of aliphatic hydroxyl groups excluding tert-OH is 1. The lowest BCUT2D eigenvalue weighted by Gasteiger charge is -2.41. The highest BCUT2D eigenvalue weighted by atomic mass is 32.2. The smallest absolute Gasteiger partial charge is 0.264 e. The summed E-state index contributed by atoms with van der Waals surface area (Å²) in [6.07, 6.45) is -0.419. The van der Waals surface area contributed by atoms with E-state index in [2.05, 4.69) is 0 Å². The average molecular weight is 379 g/mol. The number of nitrogens with zero attached hydrogens (tertiary/aromatic N) is 1. The van der Waals surface area contributed by atoms with Crippen LogP contribution in [0.3, 0.4) is 0 Å². The van der Waals surface area contributed by atoms with Crippen LogP contribution in [0.2, 0.25) is 0 Å². The fourth-order valence-electron chi connectivity index (χ4n) is 3.65. The minimum Gasteiger partial charge on any atom is -0.390 e. The van der Waals surface area contributed by atoms with Gasteiger partial charge in [0, 0.05) is 6.42 Å². The summed E-state index contributed by atoms with van der Waals surface area (Å²) < 4.78 is 28.6. The van der Waals surface area contributed by atoms with Gasteiger partial charge in [-0.1, -0.05) is 66.2 Å². The molecule has 0 bridgehead atoms. The Hall–Kier alpha value is -2.63. The number of hydrogen-bond donors (Lipinski definition) is 1. The fraction of sp³-hybridized carbons (Fsp3) is 0.182. The minimum absolute atomic E-state index is 0.220. The number of aliphatic hydroxyl groups is 1. The van der Waals surface area contributed by atoms with E-state index in [4.69, 9.17) is 0 Å². The Labute approximate surface area is 159 Å². The van der Waals surface area contributed by atoms with Crippen molar-refractivity contribution in [1.29, 1.82) is 0 Å². The van der Waals surface area contributed by atoms with Gasteiger partial charge in [-0.2, -0.15) is 0 Å². The van der Waals surface area contributed by atoms with Crippen molar-refractivity contribution in [2.45, 2.75) is 30.4 Å². The summed E-state index contributed by atoms with van der Waals surface area (Å²) in [6.45, 7) is 1.92. The molecule has 1 heterocycles. The molecule has 2 atom stereocenters. The number of benzene rings is 3. The normalized spacial score (nSPS) is 19.6. The van der Waals surface area contributed by atoms with E-state index >= 15 is 0 Å². The maximum atomic E-state index is 13.6. The third-order valence-corrected chi connectivity index (χ3v) is 6.80. The Bertz CT molecular complexity index is 1050. The van der Waals surface area contributed by atoms with Crippen molar-refractivity contribution < 1.29 is 13.5 Å². The molecule has 0 radical (unpaired) electrons. The van der Waals surface area contributed by atoms with Crippen molar-refractivity contribution in [3.63, 3.8) is 0 Å². The third kappa shape index (κ3) is 3.13. The van der Waals surface area contributed by atoms with E-state index in [0.29, 0.717) is 12.1 Å². The standard InChI is InChI=1S/C22H21NO3S/c1-16-11-13-19(14-12-16)27(25,26)23-20-10-6-5-9-18(20)15-21(24)22(23)17-7-3-2-4-8-17/h2-14,21-22,24H,15H2,1H3/t21-,22-/m1/s1. The van der Waals surface area contributed by atoms with E-state index in [0.717, 1.165) is 16.7 Å². The van der Waals surface area contributed by atoms with Gasteiger partial charge in [0.05, 0.1) is 22.7 Å². The number of aryl methyl sites for hydroxylation is 1. The van der Waals surface area contributed by atoms with Crippen LogP contribution in [0.15, 0.2) is 83.8 Å². The Balaban J connectivity index is 1.93. The zero-order chi connectivity index (χ0) is 19.0. The molecule has 138 valence electrons. The predicted molar refractivity (Wildman–Crippen MR) is 106 cm³/mol. The van der Waals surface area contributed by atoms with Crippen molar-refractivity contribution in [2.24, 2.45) is 0 Å². The molecule has 1 N–H and O–H groups in total. The molecule has 0 aromatic heterocycles. The Morgan fingerprint density at radius 3 is 2.22 bits per heavy atom. The number of para-hydroxylation sites is 1. The second-order valence-electron chi connectivity index (χ2n) is 6.87. The van der Waals surface area contributed by atoms with E-state index in [-0.39, 0.29) is 4.90 Å². The number of anilines is 1. The first-order valence-corrected chi connectivity index (χ1v) is 10.3. The van der Waals surface area contributed by atoms with Crippen molar-refractivity contribution >= 4 is 15.7 Å². The van der Waals surface area contributed by atoms with E-state index in [1.54, 1.807) is 24.3 Å². The van der Waals surface area contributed by atoms with Crippen molar-refractivity contribution in [3.8, 4) is 0 Å². The molecule has 0 aliphatic carbocycles. The second kappa shape index (κ2) is 6.83. The molecule has 0 unspecified atom stereocenters. The van der Waals surface area contributed by atoms with Gasteiger partial charge in [0.15, 0.2) is 0 Å². The number of hydrogen-bond acceptors (Lipinski definition) is 3. The van der Waals surface area contributed by atoms with Gasteiger partial charge < -0.3 is 5.11 Å². The lowest BCUT2D eigenvalue weighted by atomic mass is 9.91. The van der Waals surface area contributed by atoms with E-state index < -0.39 is 22.2 Å². The minimum atomic E-state index is -3.85.